The van der Waals surface area contributed by atoms with Gasteiger partial charge in [0.1, 0.15) is 0 Å². The predicted molar refractivity (Wildman–Crippen MR) is 101 cm³/mol. The van der Waals surface area contributed by atoms with Crippen LogP contribution >= 0.6 is 24.8 Å². The van der Waals surface area contributed by atoms with E-state index in [9.17, 15) is 0 Å². The van der Waals surface area contributed by atoms with Crippen molar-refractivity contribution in [3.05, 3.63) is 82.9 Å². The normalized spacial score (nSPS) is 19.0. The average Bonchev–Trinajstić information content (AvgIpc) is 3.16. The summed E-state index contributed by atoms with van der Waals surface area (Å²) in [7, 11) is 0. The molecule has 0 nitrogen and oxygen atoms in total. The monoisotopic (exact) mass is 510 g/mol. The molecular formula is C20H20Cl2Zr2. The minimum Gasteiger partial charge on any atom is -0.147 e. The average molecular weight is 514 g/mol. The number of halogens is 2. The summed E-state index contributed by atoms with van der Waals surface area (Å²) in [5.41, 5.74) is 6.18. The van der Waals surface area contributed by atoms with Gasteiger partial charge < -0.3 is 0 Å². The topological polar surface area (TPSA) is 0 Å². The van der Waals surface area contributed by atoms with Crippen molar-refractivity contribution < 1.29 is 46.5 Å². The Morgan fingerprint density at radius 1 is 0.625 bits per heavy atom. The molecule has 2 aliphatic carbocycles. The minimum atomic E-state index is -0.300. The SMILES string of the molecule is C1=C[CH]([Zr][CH2][CH2][Zr][CH]2C=Cc3ccccc32)c2ccccc21.Cl.Cl. The molecule has 2 unspecified atom stereocenters. The third-order valence-corrected chi connectivity index (χ3v) is 14.8. The van der Waals surface area contributed by atoms with Gasteiger partial charge in [-0.15, -0.1) is 24.8 Å². The maximum Gasteiger partial charge on any atom is -0.147 e. The van der Waals surface area contributed by atoms with Crippen molar-refractivity contribution in [1.82, 2.24) is 0 Å². The summed E-state index contributed by atoms with van der Waals surface area (Å²) in [6.07, 6.45) is 9.65. The summed E-state index contributed by atoms with van der Waals surface area (Å²) >= 11 is -0.601. The summed E-state index contributed by atoms with van der Waals surface area (Å²) < 4.78 is 4.80. The summed E-state index contributed by atoms with van der Waals surface area (Å²) in [5, 5.41) is 0. The van der Waals surface area contributed by atoms with Crippen LogP contribution in [0.3, 0.4) is 0 Å². The van der Waals surface area contributed by atoms with Crippen LogP contribution in [0.15, 0.2) is 60.7 Å². The molecule has 0 saturated heterocycles. The van der Waals surface area contributed by atoms with Gasteiger partial charge in [-0.1, -0.05) is 0 Å². The molecule has 0 aliphatic heterocycles. The van der Waals surface area contributed by atoms with E-state index in [1.54, 1.807) is 19.4 Å². The summed E-state index contributed by atoms with van der Waals surface area (Å²) in [4.78, 5) is 0. The molecule has 4 rings (SSSR count). The van der Waals surface area contributed by atoms with E-state index >= 15 is 0 Å². The molecule has 0 spiro atoms. The standard InChI is InChI=1S/2C9H7.C2H4.2ClH.2Zr/c2*1-2-5-9-7-3-6-8(9)4-1;1-2;;;;/h2*1-7H;1-2H2;2*1H;;. The summed E-state index contributed by atoms with van der Waals surface area (Å²) in [6.45, 7) is 0. The van der Waals surface area contributed by atoms with Crippen molar-refractivity contribution in [3.8, 4) is 0 Å². The van der Waals surface area contributed by atoms with Gasteiger partial charge >= 0.3 is 157 Å². The van der Waals surface area contributed by atoms with E-state index in [-0.39, 0.29) is 71.3 Å². The Kier molecular flexibility index (Phi) is 8.42. The number of fused-ring (bicyclic) bond motifs is 2. The zero-order chi connectivity index (χ0) is 14.8. The minimum absolute atomic E-state index is 0. The number of benzene rings is 2. The van der Waals surface area contributed by atoms with Crippen molar-refractivity contribution in [1.29, 1.82) is 0 Å². The van der Waals surface area contributed by atoms with Crippen molar-refractivity contribution in [2.45, 2.75) is 15.5 Å². The molecule has 2 atom stereocenters. The van der Waals surface area contributed by atoms with E-state index in [1.807, 2.05) is 0 Å². The Labute approximate surface area is 180 Å². The van der Waals surface area contributed by atoms with E-state index in [0.717, 1.165) is 7.25 Å². The van der Waals surface area contributed by atoms with Crippen LogP contribution in [-0.2, 0) is 46.5 Å². The molecule has 122 valence electrons. The molecule has 0 heterocycles. The van der Waals surface area contributed by atoms with Crippen LogP contribution in [0, 0.1) is 0 Å². The molecule has 24 heavy (non-hydrogen) atoms. The largest absolute Gasteiger partial charge is 0.147 e. The van der Waals surface area contributed by atoms with Gasteiger partial charge in [-0.2, -0.15) is 0 Å². The number of allylic oxidation sites excluding steroid dienone is 2. The Morgan fingerprint density at radius 2 is 1.04 bits per heavy atom. The van der Waals surface area contributed by atoms with Gasteiger partial charge in [0.05, 0.1) is 0 Å². The van der Waals surface area contributed by atoms with Crippen molar-refractivity contribution in [3.63, 3.8) is 0 Å². The fourth-order valence-corrected chi connectivity index (χ4v) is 13.3. The molecule has 2 aliphatic rings. The van der Waals surface area contributed by atoms with E-state index in [1.165, 1.54) is 11.1 Å². The third kappa shape index (κ3) is 4.51. The first kappa shape index (κ1) is 20.6. The van der Waals surface area contributed by atoms with Gasteiger partial charge in [-0.05, 0) is 0 Å². The van der Waals surface area contributed by atoms with E-state index in [0.29, 0.717) is 0 Å². The number of hydrogen-bond acceptors (Lipinski definition) is 0. The second kappa shape index (κ2) is 9.82. The van der Waals surface area contributed by atoms with Crippen molar-refractivity contribution in [2.24, 2.45) is 0 Å². The second-order valence-corrected chi connectivity index (χ2v) is 13.4. The first-order chi connectivity index (χ1) is 10.9. The molecule has 4 heteroatoms. The molecule has 0 aromatic heterocycles. The predicted octanol–water partition coefficient (Wildman–Crippen LogP) is 6.37. The molecule has 2 aromatic rings. The van der Waals surface area contributed by atoms with Crippen molar-refractivity contribution in [2.75, 3.05) is 0 Å². The molecule has 0 bridgehead atoms. The first-order valence-electron chi connectivity index (χ1n) is 7.93. The van der Waals surface area contributed by atoms with Gasteiger partial charge in [-0.3, -0.25) is 0 Å². The molecule has 0 fully saturated rings. The Balaban J connectivity index is 0.00000104. The fraction of sp³-hybridized carbons (Fsp3) is 0.200. The van der Waals surface area contributed by atoms with Crippen LogP contribution in [0.1, 0.15) is 29.5 Å². The maximum absolute atomic E-state index is 2.48. The van der Waals surface area contributed by atoms with Crippen molar-refractivity contribution >= 4 is 37.0 Å². The van der Waals surface area contributed by atoms with Crippen LogP contribution in [0.2, 0.25) is 8.26 Å². The van der Waals surface area contributed by atoms with E-state index in [2.05, 4.69) is 72.8 Å². The zero-order valence-corrected chi connectivity index (χ0v) is 19.9. The second-order valence-electron chi connectivity index (χ2n) is 5.84. The van der Waals surface area contributed by atoms with Crippen LogP contribution in [0.4, 0.5) is 0 Å². The zero-order valence-electron chi connectivity index (χ0n) is 13.3. The maximum atomic E-state index is 2.48. The molecule has 2 aromatic carbocycles. The molecule has 0 N–H and O–H groups in total. The summed E-state index contributed by atoms with van der Waals surface area (Å²) in [5.74, 6) is 0. The van der Waals surface area contributed by atoms with Gasteiger partial charge in [0.2, 0.25) is 0 Å². The third-order valence-electron chi connectivity index (χ3n) is 4.45. The van der Waals surface area contributed by atoms with E-state index < -0.39 is 0 Å². The quantitative estimate of drug-likeness (QED) is 0.408. The molecular weight excluding hydrogens is 494 g/mol. The van der Waals surface area contributed by atoms with Crippen LogP contribution in [0.25, 0.3) is 12.2 Å². The first-order valence-corrected chi connectivity index (χ1v) is 14.2. The Hall–Kier alpha value is 0.266. The Morgan fingerprint density at radius 3 is 1.50 bits per heavy atom. The van der Waals surface area contributed by atoms with Gasteiger partial charge in [0.15, 0.2) is 0 Å². The molecule has 0 saturated carbocycles. The van der Waals surface area contributed by atoms with Gasteiger partial charge in [0.25, 0.3) is 0 Å². The smallest absolute Gasteiger partial charge is 0.147 e. The number of hydrogen-bond donors (Lipinski definition) is 0. The number of rotatable bonds is 5. The van der Waals surface area contributed by atoms with Gasteiger partial charge in [-0.25, -0.2) is 0 Å². The van der Waals surface area contributed by atoms with Crippen LogP contribution in [-0.4, -0.2) is 0 Å². The molecule has 0 radical (unpaired) electrons. The van der Waals surface area contributed by atoms with Gasteiger partial charge in [0, 0.05) is 0 Å². The van der Waals surface area contributed by atoms with E-state index in [4.69, 9.17) is 0 Å². The van der Waals surface area contributed by atoms with Crippen LogP contribution in [0.5, 0.6) is 0 Å². The Bertz CT molecular complexity index is 676. The summed E-state index contributed by atoms with van der Waals surface area (Å²) in [6, 6.07) is 18.0. The fourth-order valence-electron chi connectivity index (χ4n) is 3.31. The van der Waals surface area contributed by atoms with Crippen LogP contribution < -0.4 is 0 Å². The molecule has 0 amide bonds.